The highest BCUT2D eigenvalue weighted by atomic mass is 35.5. The van der Waals surface area contributed by atoms with Gasteiger partial charge in [-0.2, -0.15) is 0 Å². The molecule has 2 aromatic carbocycles. The fraction of sp³-hybridized carbons (Fsp3) is 0. The van der Waals surface area contributed by atoms with E-state index < -0.39 is 9.85 Å². The summed E-state index contributed by atoms with van der Waals surface area (Å²) in [5.74, 6) is 0. The van der Waals surface area contributed by atoms with E-state index in [-0.39, 0.29) is 11.4 Å². The van der Waals surface area contributed by atoms with E-state index in [0.29, 0.717) is 15.7 Å². The molecule has 8 nitrogen and oxygen atoms in total. The van der Waals surface area contributed by atoms with Gasteiger partial charge < -0.3 is 0 Å². The van der Waals surface area contributed by atoms with Crippen LogP contribution in [-0.2, 0) is 0 Å². The number of nitro groups is 2. The zero-order valence-electron chi connectivity index (χ0n) is 12.9. The molecule has 0 aliphatic heterocycles. The first kappa shape index (κ1) is 17.6. The minimum absolute atomic E-state index is 0.0109. The lowest BCUT2D eigenvalue weighted by molar-refractivity contribution is -0.385. The summed E-state index contributed by atoms with van der Waals surface area (Å²) in [7, 11) is 0. The molecule has 0 N–H and O–H groups in total. The first-order valence-electron chi connectivity index (χ1n) is 7.13. The highest BCUT2D eigenvalue weighted by molar-refractivity contribution is 7.18. The average Bonchev–Trinajstić information content (AvgIpc) is 3.10. The van der Waals surface area contributed by atoms with Crippen LogP contribution in [0.3, 0.4) is 0 Å². The Morgan fingerprint density at radius 3 is 2.35 bits per heavy atom. The van der Waals surface area contributed by atoms with E-state index >= 15 is 0 Å². The maximum absolute atomic E-state index is 10.8. The van der Waals surface area contributed by atoms with Gasteiger partial charge in [0.15, 0.2) is 0 Å². The van der Waals surface area contributed by atoms with Gasteiger partial charge >= 0.3 is 0 Å². The molecule has 0 unspecified atom stereocenters. The number of halogens is 1. The van der Waals surface area contributed by atoms with Gasteiger partial charge in [-0.3, -0.25) is 20.2 Å². The maximum atomic E-state index is 10.8. The summed E-state index contributed by atoms with van der Waals surface area (Å²) in [5.41, 5.74) is 1.12. The second-order valence-electron chi connectivity index (χ2n) is 5.03. The van der Waals surface area contributed by atoms with Crippen molar-refractivity contribution in [2.45, 2.75) is 0 Å². The average molecular weight is 389 g/mol. The number of rotatable bonds is 5. The van der Waals surface area contributed by atoms with Crippen LogP contribution in [0.2, 0.25) is 5.02 Å². The lowest BCUT2D eigenvalue weighted by Crippen LogP contribution is -1.90. The molecule has 1 heterocycles. The number of aliphatic imine (C=N–C) groups is 1. The number of non-ortho nitro benzene ring substituents is 2. The molecule has 0 radical (unpaired) electrons. The van der Waals surface area contributed by atoms with Gasteiger partial charge in [0.1, 0.15) is 0 Å². The number of hydrogen-bond acceptors (Lipinski definition) is 7. The van der Waals surface area contributed by atoms with Crippen LogP contribution in [0.15, 0.2) is 53.7 Å². The SMILES string of the molecule is O=[N+]([O-])c1ccc(-c2cnc(N=Cc3cc([N+](=O)[O-])ccc3Cl)s2)cc1. The number of aromatic nitrogens is 1. The van der Waals surface area contributed by atoms with Crippen molar-refractivity contribution < 1.29 is 9.85 Å². The molecule has 0 saturated carbocycles. The van der Waals surface area contributed by atoms with Gasteiger partial charge in [-0.1, -0.05) is 22.9 Å². The molecule has 130 valence electrons. The van der Waals surface area contributed by atoms with Crippen molar-refractivity contribution in [3.8, 4) is 10.4 Å². The van der Waals surface area contributed by atoms with Gasteiger partial charge in [0.25, 0.3) is 11.4 Å². The third-order valence-electron chi connectivity index (χ3n) is 3.36. The van der Waals surface area contributed by atoms with Crippen LogP contribution >= 0.6 is 22.9 Å². The second kappa shape index (κ2) is 7.38. The summed E-state index contributed by atoms with van der Waals surface area (Å²) in [6, 6.07) is 10.2. The normalized spacial score (nSPS) is 11.0. The highest BCUT2D eigenvalue weighted by Gasteiger charge is 2.10. The van der Waals surface area contributed by atoms with Gasteiger partial charge in [-0.25, -0.2) is 9.98 Å². The summed E-state index contributed by atoms with van der Waals surface area (Å²) in [5, 5.41) is 22.3. The lowest BCUT2D eigenvalue weighted by atomic mass is 10.2. The molecule has 0 atom stereocenters. The highest BCUT2D eigenvalue weighted by Crippen LogP contribution is 2.31. The zero-order valence-corrected chi connectivity index (χ0v) is 14.5. The van der Waals surface area contributed by atoms with Gasteiger partial charge in [0.2, 0.25) is 5.13 Å². The molecule has 0 aliphatic rings. The van der Waals surface area contributed by atoms with E-state index in [1.165, 1.54) is 47.9 Å². The zero-order chi connectivity index (χ0) is 18.7. The summed E-state index contributed by atoms with van der Waals surface area (Å²) in [6.07, 6.45) is 3.02. The van der Waals surface area contributed by atoms with Crippen molar-refractivity contribution in [3.05, 3.63) is 79.5 Å². The van der Waals surface area contributed by atoms with Crippen molar-refractivity contribution in [2.75, 3.05) is 0 Å². The van der Waals surface area contributed by atoms with Crippen molar-refractivity contribution in [1.82, 2.24) is 4.98 Å². The Labute approximate surface area is 155 Å². The Kier molecular flexibility index (Phi) is 5.01. The molecular formula is C16H9ClN4O4S. The number of benzene rings is 2. The van der Waals surface area contributed by atoms with Gasteiger partial charge in [-0.05, 0) is 23.8 Å². The summed E-state index contributed by atoms with van der Waals surface area (Å²) >= 11 is 7.30. The first-order valence-corrected chi connectivity index (χ1v) is 8.32. The van der Waals surface area contributed by atoms with Crippen LogP contribution in [0.5, 0.6) is 0 Å². The smallest absolute Gasteiger partial charge is 0.258 e. The minimum Gasteiger partial charge on any atom is -0.258 e. The van der Waals surface area contributed by atoms with E-state index in [9.17, 15) is 20.2 Å². The Hall–Kier alpha value is -3.17. The molecule has 0 amide bonds. The Morgan fingerprint density at radius 2 is 1.69 bits per heavy atom. The third-order valence-corrected chi connectivity index (χ3v) is 4.66. The molecular weight excluding hydrogens is 380 g/mol. The van der Waals surface area contributed by atoms with Crippen LogP contribution in [0, 0.1) is 20.2 Å². The molecule has 0 spiro atoms. The van der Waals surface area contributed by atoms with E-state index in [0.717, 1.165) is 10.4 Å². The number of hydrogen-bond donors (Lipinski definition) is 0. The summed E-state index contributed by atoms with van der Waals surface area (Å²) in [4.78, 5) is 29.7. The number of thiazole rings is 1. The second-order valence-corrected chi connectivity index (χ2v) is 6.45. The van der Waals surface area contributed by atoms with Crippen LogP contribution in [0.25, 0.3) is 10.4 Å². The van der Waals surface area contributed by atoms with Crippen molar-refractivity contribution in [1.29, 1.82) is 0 Å². The van der Waals surface area contributed by atoms with Crippen LogP contribution in [-0.4, -0.2) is 21.0 Å². The first-order chi connectivity index (χ1) is 12.4. The van der Waals surface area contributed by atoms with Crippen LogP contribution < -0.4 is 0 Å². The molecule has 10 heteroatoms. The minimum atomic E-state index is -0.510. The van der Waals surface area contributed by atoms with Crippen LogP contribution in [0.4, 0.5) is 16.5 Å². The van der Waals surface area contributed by atoms with E-state index in [4.69, 9.17) is 11.6 Å². The standard InChI is InChI=1S/C16H9ClN4O4S/c17-14-6-5-13(21(24)25)7-11(14)8-18-16-19-9-15(26-16)10-1-3-12(4-2-10)20(22)23/h1-9H. The Morgan fingerprint density at radius 1 is 1.04 bits per heavy atom. The summed E-state index contributed by atoms with van der Waals surface area (Å²) < 4.78 is 0. The predicted molar refractivity (Wildman–Crippen MR) is 99.6 cm³/mol. The lowest BCUT2D eigenvalue weighted by Gasteiger charge is -1.97. The number of nitrogens with zero attached hydrogens (tertiary/aromatic N) is 4. The predicted octanol–water partition coefficient (Wildman–Crippen LogP) is 5.03. The monoisotopic (exact) mass is 388 g/mol. The molecule has 1 aromatic heterocycles. The van der Waals surface area contributed by atoms with Gasteiger partial charge in [-0.15, -0.1) is 0 Å². The van der Waals surface area contributed by atoms with Gasteiger partial charge in [0, 0.05) is 47.3 Å². The summed E-state index contributed by atoms with van der Waals surface area (Å²) in [6.45, 7) is 0. The van der Waals surface area contributed by atoms with Crippen LogP contribution in [0.1, 0.15) is 5.56 Å². The Balaban J connectivity index is 1.82. The third kappa shape index (κ3) is 3.90. The van der Waals surface area contributed by atoms with Crippen molar-refractivity contribution in [3.63, 3.8) is 0 Å². The maximum Gasteiger partial charge on any atom is 0.270 e. The van der Waals surface area contributed by atoms with E-state index in [1.54, 1.807) is 18.3 Å². The van der Waals surface area contributed by atoms with Crippen molar-refractivity contribution in [2.24, 2.45) is 4.99 Å². The molecule has 3 aromatic rings. The molecule has 0 aliphatic carbocycles. The molecule has 3 rings (SSSR count). The topological polar surface area (TPSA) is 112 Å². The molecule has 0 fully saturated rings. The molecule has 0 bridgehead atoms. The van der Waals surface area contributed by atoms with Gasteiger partial charge in [0.05, 0.1) is 14.7 Å². The van der Waals surface area contributed by atoms with E-state index in [2.05, 4.69) is 9.98 Å². The molecule has 0 saturated heterocycles. The molecule has 26 heavy (non-hydrogen) atoms. The fourth-order valence-electron chi connectivity index (χ4n) is 2.07. The quantitative estimate of drug-likeness (QED) is 0.345. The van der Waals surface area contributed by atoms with Crippen molar-refractivity contribution >= 4 is 45.7 Å². The largest absolute Gasteiger partial charge is 0.270 e. The fourth-order valence-corrected chi connectivity index (χ4v) is 3.01. The van der Waals surface area contributed by atoms with E-state index in [1.807, 2.05) is 0 Å². The number of nitro benzene ring substituents is 2. The Bertz CT molecular complexity index is 1020.